The van der Waals surface area contributed by atoms with Crippen LogP contribution in [0.1, 0.15) is 25.7 Å². The molecule has 1 fully saturated rings. The fourth-order valence-electron chi connectivity index (χ4n) is 1.95. The zero-order valence-electron chi connectivity index (χ0n) is 11.0. The first kappa shape index (κ1) is 16.4. The van der Waals surface area contributed by atoms with Gasteiger partial charge in [0.2, 0.25) is 10.0 Å². The number of sulfonamides is 1. The van der Waals surface area contributed by atoms with Crippen LogP contribution in [0.25, 0.3) is 0 Å². The Bertz CT molecular complexity index is 377. The van der Waals surface area contributed by atoms with Crippen LogP contribution in [0.15, 0.2) is 0 Å². The van der Waals surface area contributed by atoms with Crippen molar-refractivity contribution in [3.63, 3.8) is 0 Å². The minimum absolute atomic E-state index is 0.180. The van der Waals surface area contributed by atoms with Crippen molar-refractivity contribution in [1.82, 2.24) is 4.72 Å². The van der Waals surface area contributed by atoms with Crippen molar-refractivity contribution >= 4 is 16.0 Å². The van der Waals surface area contributed by atoms with E-state index < -0.39 is 22.0 Å². The smallest absolute Gasteiger partial charge is 0.321 e. The fraction of sp³-hybridized carbons (Fsp3) is 0.909. The van der Waals surface area contributed by atoms with Crippen LogP contribution in [0.4, 0.5) is 0 Å². The molecule has 2 unspecified atom stereocenters. The third-order valence-electron chi connectivity index (χ3n) is 2.89. The minimum atomic E-state index is -3.64. The van der Waals surface area contributed by atoms with Crippen molar-refractivity contribution in [2.24, 2.45) is 0 Å². The van der Waals surface area contributed by atoms with Gasteiger partial charge in [0.1, 0.15) is 6.04 Å². The van der Waals surface area contributed by atoms with Crippen LogP contribution in [0.3, 0.4) is 0 Å². The van der Waals surface area contributed by atoms with Crippen molar-refractivity contribution in [1.29, 1.82) is 0 Å². The van der Waals surface area contributed by atoms with Gasteiger partial charge in [-0.1, -0.05) is 0 Å². The average molecular weight is 295 g/mol. The molecule has 1 aliphatic heterocycles. The predicted octanol–water partition coefficient (Wildman–Crippen LogP) is -0.0354. The second-order valence-electron chi connectivity index (χ2n) is 4.56. The third kappa shape index (κ3) is 6.33. The maximum absolute atomic E-state index is 11.8. The molecule has 19 heavy (non-hydrogen) atoms. The summed E-state index contributed by atoms with van der Waals surface area (Å²) in [6, 6.07) is -1.11. The Morgan fingerprint density at radius 1 is 1.58 bits per heavy atom. The zero-order chi connectivity index (χ0) is 14.3. The molecule has 1 saturated heterocycles. The summed E-state index contributed by atoms with van der Waals surface area (Å²) in [6.07, 6.45) is 1.90. The molecular weight excluding hydrogens is 274 g/mol. The summed E-state index contributed by atoms with van der Waals surface area (Å²) in [6.45, 7) is 0.966. The third-order valence-corrected chi connectivity index (χ3v) is 4.34. The lowest BCUT2D eigenvalue weighted by molar-refractivity contribution is -0.139. The Morgan fingerprint density at radius 2 is 2.32 bits per heavy atom. The highest BCUT2D eigenvalue weighted by Crippen LogP contribution is 2.14. The number of hydrogen-bond donors (Lipinski definition) is 2. The lowest BCUT2D eigenvalue weighted by atomic mass is 10.2. The van der Waals surface area contributed by atoms with E-state index in [-0.39, 0.29) is 18.3 Å². The highest BCUT2D eigenvalue weighted by Gasteiger charge is 2.28. The predicted molar refractivity (Wildman–Crippen MR) is 68.4 cm³/mol. The SMILES string of the molecule is COCCCC(NS(=O)(=O)CC1CCCO1)C(=O)O. The number of aliphatic carboxylic acids is 1. The van der Waals surface area contributed by atoms with Gasteiger partial charge in [0, 0.05) is 20.3 Å². The van der Waals surface area contributed by atoms with E-state index in [2.05, 4.69) is 4.72 Å². The molecule has 1 rings (SSSR count). The molecule has 0 radical (unpaired) electrons. The summed E-state index contributed by atoms with van der Waals surface area (Å²) >= 11 is 0. The van der Waals surface area contributed by atoms with Gasteiger partial charge in [-0.3, -0.25) is 4.79 Å². The largest absolute Gasteiger partial charge is 0.480 e. The molecule has 0 amide bonds. The van der Waals surface area contributed by atoms with Crippen molar-refractivity contribution < 1.29 is 27.8 Å². The first-order chi connectivity index (χ1) is 8.94. The molecule has 0 spiro atoms. The molecule has 1 heterocycles. The van der Waals surface area contributed by atoms with Gasteiger partial charge in [0.05, 0.1) is 11.9 Å². The second-order valence-corrected chi connectivity index (χ2v) is 6.36. The monoisotopic (exact) mass is 295 g/mol. The van der Waals surface area contributed by atoms with E-state index >= 15 is 0 Å². The van der Waals surface area contributed by atoms with Gasteiger partial charge in [0.25, 0.3) is 0 Å². The van der Waals surface area contributed by atoms with Gasteiger partial charge in [-0.2, -0.15) is 0 Å². The average Bonchev–Trinajstić information content (AvgIpc) is 2.79. The van der Waals surface area contributed by atoms with E-state index in [0.717, 1.165) is 6.42 Å². The maximum Gasteiger partial charge on any atom is 0.321 e. The summed E-state index contributed by atoms with van der Waals surface area (Å²) in [4.78, 5) is 11.0. The minimum Gasteiger partial charge on any atom is -0.480 e. The quantitative estimate of drug-likeness (QED) is 0.579. The molecule has 0 aromatic carbocycles. The number of rotatable bonds is 9. The standard InChI is InChI=1S/C11H21NO6S/c1-17-6-3-5-10(11(13)14)12-19(15,16)8-9-4-2-7-18-9/h9-10,12H,2-8H2,1H3,(H,13,14). The Balaban J connectivity index is 2.48. The molecule has 0 aromatic heterocycles. The highest BCUT2D eigenvalue weighted by molar-refractivity contribution is 7.89. The van der Waals surface area contributed by atoms with E-state index in [0.29, 0.717) is 26.1 Å². The molecule has 1 aliphatic rings. The van der Waals surface area contributed by atoms with Crippen LogP contribution >= 0.6 is 0 Å². The summed E-state index contributed by atoms with van der Waals surface area (Å²) in [5.74, 6) is -1.35. The van der Waals surface area contributed by atoms with Gasteiger partial charge < -0.3 is 14.6 Å². The van der Waals surface area contributed by atoms with E-state index in [1.807, 2.05) is 0 Å². The first-order valence-corrected chi connectivity index (χ1v) is 7.93. The normalized spacial score (nSPS) is 21.4. The Hall–Kier alpha value is -0.700. The summed E-state index contributed by atoms with van der Waals surface area (Å²) in [5.41, 5.74) is 0. The van der Waals surface area contributed by atoms with Gasteiger partial charge in [-0.25, -0.2) is 13.1 Å². The number of carboxylic acid groups (broad SMARTS) is 1. The lowest BCUT2D eigenvalue weighted by Gasteiger charge is -2.16. The van der Waals surface area contributed by atoms with Crippen LogP contribution < -0.4 is 4.72 Å². The number of nitrogens with one attached hydrogen (secondary N) is 1. The van der Waals surface area contributed by atoms with Crippen molar-refractivity contribution in [2.45, 2.75) is 37.8 Å². The maximum atomic E-state index is 11.8. The number of methoxy groups -OCH3 is 1. The van der Waals surface area contributed by atoms with Crippen molar-refractivity contribution in [3.8, 4) is 0 Å². The van der Waals surface area contributed by atoms with E-state index in [9.17, 15) is 13.2 Å². The molecule has 0 aliphatic carbocycles. The molecule has 0 saturated carbocycles. The highest BCUT2D eigenvalue weighted by atomic mass is 32.2. The van der Waals surface area contributed by atoms with Gasteiger partial charge in [-0.15, -0.1) is 0 Å². The van der Waals surface area contributed by atoms with E-state index in [1.54, 1.807) is 0 Å². The summed E-state index contributed by atoms with van der Waals surface area (Å²) in [5, 5.41) is 9.00. The second kappa shape index (κ2) is 7.78. The molecule has 0 bridgehead atoms. The molecule has 2 atom stereocenters. The lowest BCUT2D eigenvalue weighted by Crippen LogP contribution is -2.43. The Kier molecular flexibility index (Phi) is 6.70. The van der Waals surface area contributed by atoms with Gasteiger partial charge >= 0.3 is 5.97 Å². The molecule has 8 heteroatoms. The van der Waals surface area contributed by atoms with Crippen LogP contribution in [0.5, 0.6) is 0 Å². The summed E-state index contributed by atoms with van der Waals surface area (Å²) in [7, 11) is -2.13. The number of carbonyl (C=O) groups is 1. The van der Waals surface area contributed by atoms with Crippen LogP contribution in [0, 0.1) is 0 Å². The number of carboxylic acids is 1. The zero-order valence-corrected chi connectivity index (χ0v) is 11.8. The van der Waals surface area contributed by atoms with Crippen molar-refractivity contribution in [2.75, 3.05) is 26.1 Å². The van der Waals surface area contributed by atoms with E-state index in [1.165, 1.54) is 7.11 Å². The number of ether oxygens (including phenoxy) is 2. The number of hydrogen-bond acceptors (Lipinski definition) is 5. The molecule has 112 valence electrons. The fourth-order valence-corrected chi connectivity index (χ4v) is 3.45. The Labute approximate surface area is 113 Å². The first-order valence-electron chi connectivity index (χ1n) is 6.28. The Morgan fingerprint density at radius 3 is 2.84 bits per heavy atom. The van der Waals surface area contributed by atoms with Gasteiger partial charge in [0.15, 0.2) is 0 Å². The van der Waals surface area contributed by atoms with Crippen LogP contribution in [0.2, 0.25) is 0 Å². The van der Waals surface area contributed by atoms with Crippen LogP contribution in [-0.4, -0.2) is 57.7 Å². The van der Waals surface area contributed by atoms with E-state index in [4.69, 9.17) is 14.6 Å². The molecule has 7 nitrogen and oxygen atoms in total. The molecular formula is C11H21NO6S. The topological polar surface area (TPSA) is 102 Å². The van der Waals surface area contributed by atoms with Crippen LogP contribution in [-0.2, 0) is 24.3 Å². The molecule has 2 N–H and O–H groups in total. The summed E-state index contributed by atoms with van der Waals surface area (Å²) < 4.78 is 36.0. The van der Waals surface area contributed by atoms with Crippen molar-refractivity contribution in [3.05, 3.63) is 0 Å². The van der Waals surface area contributed by atoms with Gasteiger partial charge in [-0.05, 0) is 25.7 Å². The molecule has 0 aromatic rings.